The van der Waals surface area contributed by atoms with Crippen LogP contribution in [0.3, 0.4) is 0 Å². The molecule has 0 aliphatic rings. The predicted octanol–water partition coefficient (Wildman–Crippen LogP) is 1.17. The molecule has 0 fully saturated rings. The van der Waals surface area contributed by atoms with E-state index in [1.807, 2.05) is 17.8 Å². The Morgan fingerprint density at radius 3 is 2.78 bits per heavy atom. The Morgan fingerprint density at radius 1 is 1.33 bits per heavy atom. The number of rotatable bonds is 6. The van der Waals surface area contributed by atoms with E-state index < -0.39 is 0 Å². The molecule has 0 aromatic carbocycles. The Morgan fingerprint density at radius 2 is 2.17 bits per heavy atom. The molecule has 18 heavy (non-hydrogen) atoms. The summed E-state index contributed by atoms with van der Waals surface area (Å²) < 4.78 is 4.10. The van der Waals surface area contributed by atoms with Crippen molar-refractivity contribution < 1.29 is 0 Å². The summed E-state index contributed by atoms with van der Waals surface area (Å²) in [6.45, 7) is 3.46. The number of imidazole rings is 1. The van der Waals surface area contributed by atoms with Crippen LogP contribution in [0, 0.1) is 0 Å². The van der Waals surface area contributed by atoms with Gasteiger partial charge in [-0.2, -0.15) is 0 Å². The molecule has 98 valence electrons. The Kier molecular flexibility index (Phi) is 4.38. The minimum atomic E-state index is 0.427. The van der Waals surface area contributed by atoms with Crippen LogP contribution < -0.4 is 5.73 Å². The summed E-state index contributed by atoms with van der Waals surface area (Å²) in [7, 11) is 1.99. The summed E-state index contributed by atoms with van der Waals surface area (Å²) in [4.78, 5) is 4.29. The lowest BCUT2D eigenvalue weighted by Crippen LogP contribution is -2.09. The van der Waals surface area contributed by atoms with Crippen molar-refractivity contribution in [2.24, 2.45) is 12.8 Å². The SMILES string of the molecule is CCCn1c(CN)nnc1SCc1nccn1C. The van der Waals surface area contributed by atoms with Crippen molar-refractivity contribution in [3.8, 4) is 0 Å². The summed E-state index contributed by atoms with van der Waals surface area (Å²) in [5.41, 5.74) is 5.66. The molecule has 6 nitrogen and oxygen atoms in total. The average molecular weight is 266 g/mol. The van der Waals surface area contributed by atoms with E-state index in [4.69, 9.17) is 5.73 Å². The monoisotopic (exact) mass is 266 g/mol. The van der Waals surface area contributed by atoms with E-state index in [1.165, 1.54) is 0 Å². The van der Waals surface area contributed by atoms with E-state index in [1.54, 1.807) is 18.0 Å². The van der Waals surface area contributed by atoms with Crippen LogP contribution in [-0.4, -0.2) is 24.3 Å². The van der Waals surface area contributed by atoms with E-state index in [9.17, 15) is 0 Å². The third kappa shape index (κ3) is 2.73. The maximum Gasteiger partial charge on any atom is 0.191 e. The summed E-state index contributed by atoms with van der Waals surface area (Å²) in [5.74, 6) is 2.66. The number of thioether (sulfide) groups is 1. The molecule has 0 saturated carbocycles. The van der Waals surface area contributed by atoms with Crippen LogP contribution in [0.2, 0.25) is 0 Å². The molecule has 0 amide bonds. The number of hydrogen-bond acceptors (Lipinski definition) is 5. The predicted molar refractivity (Wildman–Crippen MR) is 71.0 cm³/mol. The van der Waals surface area contributed by atoms with Gasteiger partial charge in [-0.05, 0) is 6.42 Å². The summed E-state index contributed by atoms with van der Waals surface area (Å²) >= 11 is 1.65. The van der Waals surface area contributed by atoms with Crippen LogP contribution in [0.5, 0.6) is 0 Å². The lowest BCUT2D eigenvalue weighted by molar-refractivity contribution is 0.592. The van der Waals surface area contributed by atoms with Crippen molar-refractivity contribution in [1.29, 1.82) is 0 Å². The van der Waals surface area contributed by atoms with Crippen molar-refractivity contribution in [3.63, 3.8) is 0 Å². The molecule has 0 unspecified atom stereocenters. The van der Waals surface area contributed by atoms with Crippen molar-refractivity contribution >= 4 is 11.8 Å². The van der Waals surface area contributed by atoms with Crippen molar-refractivity contribution in [1.82, 2.24) is 24.3 Å². The van der Waals surface area contributed by atoms with Gasteiger partial charge in [0.2, 0.25) is 0 Å². The van der Waals surface area contributed by atoms with E-state index in [0.29, 0.717) is 6.54 Å². The van der Waals surface area contributed by atoms with Gasteiger partial charge in [0.1, 0.15) is 11.6 Å². The number of nitrogens with zero attached hydrogens (tertiary/aromatic N) is 5. The van der Waals surface area contributed by atoms with Gasteiger partial charge in [-0.3, -0.25) is 0 Å². The molecule has 0 spiro atoms. The number of aryl methyl sites for hydroxylation is 1. The first-order chi connectivity index (χ1) is 8.76. The van der Waals surface area contributed by atoms with E-state index in [-0.39, 0.29) is 0 Å². The zero-order valence-corrected chi connectivity index (χ0v) is 11.5. The second-order valence-electron chi connectivity index (χ2n) is 4.00. The fourth-order valence-corrected chi connectivity index (χ4v) is 2.68. The molecule has 0 aliphatic carbocycles. The fraction of sp³-hybridized carbons (Fsp3) is 0.545. The third-order valence-corrected chi connectivity index (χ3v) is 3.64. The maximum absolute atomic E-state index is 5.66. The third-order valence-electron chi connectivity index (χ3n) is 2.67. The van der Waals surface area contributed by atoms with Crippen LogP contribution >= 0.6 is 11.8 Å². The van der Waals surface area contributed by atoms with Gasteiger partial charge in [-0.15, -0.1) is 10.2 Å². The number of nitrogens with two attached hydrogens (primary N) is 1. The zero-order valence-electron chi connectivity index (χ0n) is 10.7. The number of aromatic nitrogens is 5. The Balaban J connectivity index is 2.09. The van der Waals surface area contributed by atoms with Gasteiger partial charge >= 0.3 is 0 Å². The highest BCUT2D eigenvalue weighted by Gasteiger charge is 2.11. The highest BCUT2D eigenvalue weighted by atomic mass is 32.2. The zero-order chi connectivity index (χ0) is 13.0. The second kappa shape index (κ2) is 6.01. The van der Waals surface area contributed by atoms with E-state index in [0.717, 1.165) is 35.5 Å². The van der Waals surface area contributed by atoms with Crippen LogP contribution in [0.4, 0.5) is 0 Å². The second-order valence-corrected chi connectivity index (χ2v) is 4.94. The molecule has 2 aromatic rings. The van der Waals surface area contributed by atoms with Crippen LogP contribution in [0.1, 0.15) is 25.0 Å². The fourth-order valence-electron chi connectivity index (χ4n) is 1.69. The molecule has 7 heteroatoms. The molecule has 0 aliphatic heterocycles. The van der Waals surface area contributed by atoms with Crippen molar-refractivity contribution in [3.05, 3.63) is 24.0 Å². The number of hydrogen-bond donors (Lipinski definition) is 1. The smallest absolute Gasteiger partial charge is 0.191 e. The molecule has 2 heterocycles. The maximum atomic E-state index is 5.66. The Labute approximate surface area is 111 Å². The first-order valence-corrected chi connectivity index (χ1v) is 6.96. The topological polar surface area (TPSA) is 74.6 Å². The molecule has 2 N–H and O–H groups in total. The normalized spacial score (nSPS) is 11.1. The summed E-state index contributed by atoms with van der Waals surface area (Å²) in [6.07, 6.45) is 4.79. The van der Waals surface area contributed by atoms with Crippen molar-refractivity contribution in [2.45, 2.75) is 37.3 Å². The standard InChI is InChI=1S/C11H18N6S/c1-3-5-17-9(7-12)14-15-11(17)18-8-10-13-4-6-16(10)2/h4,6H,3,5,7-8,12H2,1-2H3. The molecule has 0 bridgehead atoms. The van der Waals surface area contributed by atoms with Crippen LogP contribution in [0.15, 0.2) is 17.6 Å². The van der Waals surface area contributed by atoms with Gasteiger partial charge in [-0.25, -0.2) is 4.98 Å². The molecular formula is C11H18N6S. The van der Waals surface area contributed by atoms with E-state index >= 15 is 0 Å². The van der Waals surface area contributed by atoms with Gasteiger partial charge in [0.25, 0.3) is 0 Å². The van der Waals surface area contributed by atoms with Crippen molar-refractivity contribution in [2.75, 3.05) is 0 Å². The lowest BCUT2D eigenvalue weighted by Gasteiger charge is -2.07. The van der Waals surface area contributed by atoms with E-state index in [2.05, 4.69) is 26.7 Å². The van der Waals surface area contributed by atoms with Gasteiger partial charge in [0.05, 0.1) is 12.3 Å². The Hall–Kier alpha value is -1.34. The first kappa shape index (κ1) is 13.1. The highest BCUT2D eigenvalue weighted by Crippen LogP contribution is 2.21. The van der Waals surface area contributed by atoms with Gasteiger partial charge in [-0.1, -0.05) is 18.7 Å². The molecule has 2 aromatic heterocycles. The van der Waals surface area contributed by atoms with Gasteiger partial charge in [0, 0.05) is 26.0 Å². The Bertz CT molecular complexity index is 503. The molecule has 0 saturated heterocycles. The molecule has 0 radical (unpaired) electrons. The average Bonchev–Trinajstić information content (AvgIpc) is 2.94. The first-order valence-electron chi connectivity index (χ1n) is 5.97. The quantitative estimate of drug-likeness (QED) is 0.794. The highest BCUT2D eigenvalue weighted by molar-refractivity contribution is 7.98. The summed E-state index contributed by atoms with van der Waals surface area (Å²) in [5, 5.41) is 9.23. The largest absolute Gasteiger partial charge is 0.337 e. The minimum absolute atomic E-state index is 0.427. The lowest BCUT2D eigenvalue weighted by atomic mass is 10.4. The summed E-state index contributed by atoms with van der Waals surface area (Å²) in [6, 6.07) is 0. The van der Waals surface area contributed by atoms with Gasteiger partial charge < -0.3 is 14.9 Å². The molecular weight excluding hydrogens is 248 g/mol. The minimum Gasteiger partial charge on any atom is -0.337 e. The van der Waals surface area contributed by atoms with Gasteiger partial charge in [0.15, 0.2) is 5.16 Å². The molecule has 0 atom stereocenters. The van der Waals surface area contributed by atoms with Crippen LogP contribution in [0.25, 0.3) is 0 Å². The molecule has 2 rings (SSSR count). The van der Waals surface area contributed by atoms with Crippen LogP contribution in [-0.2, 0) is 25.9 Å².